The molecule has 0 unspecified atom stereocenters. The van der Waals surface area contributed by atoms with Gasteiger partial charge in [0.1, 0.15) is 0 Å². The van der Waals surface area contributed by atoms with E-state index in [2.05, 4.69) is 49.3 Å². The molecule has 0 aromatic heterocycles. The summed E-state index contributed by atoms with van der Waals surface area (Å²) in [5.74, 6) is 0. The molecule has 0 N–H and O–H groups in total. The lowest BCUT2D eigenvalue weighted by Gasteiger charge is -2.16. The second kappa shape index (κ2) is 6.53. The van der Waals surface area contributed by atoms with Crippen molar-refractivity contribution in [2.75, 3.05) is 11.6 Å². The molecule has 3 nitrogen and oxygen atoms in total. The van der Waals surface area contributed by atoms with Crippen LogP contribution >= 0.6 is 0 Å². The Morgan fingerprint density at radius 2 is 1.75 bits per heavy atom. The van der Waals surface area contributed by atoms with Gasteiger partial charge in [-0.15, -0.1) is 0 Å². The molecular weight excluding hydrogens is 246 g/mol. The minimum Gasteiger partial charge on any atom is -0.266 e. The Hall–Kier alpha value is -2.60. The van der Waals surface area contributed by atoms with Gasteiger partial charge in [-0.1, -0.05) is 29.8 Å². The Morgan fingerprint density at radius 1 is 1.10 bits per heavy atom. The second-order valence-electron chi connectivity index (χ2n) is 4.53. The van der Waals surface area contributed by atoms with Crippen LogP contribution < -0.4 is 5.01 Å². The van der Waals surface area contributed by atoms with Crippen LogP contribution in [0.15, 0.2) is 53.6 Å². The Morgan fingerprint density at radius 3 is 2.30 bits per heavy atom. The zero-order chi connectivity index (χ0) is 14.4. The van der Waals surface area contributed by atoms with Crippen molar-refractivity contribution in [3.8, 4) is 6.07 Å². The van der Waals surface area contributed by atoms with E-state index in [0.717, 1.165) is 17.8 Å². The van der Waals surface area contributed by atoms with Crippen molar-refractivity contribution < 1.29 is 0 Å². The summed E-state index contributed by atoms with van der Waals surface area (Å²) in [7, 11) is 0. The van der Waals surface area contributed by atoms with E-state index < -0.39 is 0 Å². The summed E-state index contributed by atoms with van der Waals surface area (Å²) in [5.41, 5.74) is 3.95. The summed E-state index contributed by atoms with van der Waals surface area (Å²) in [6.45, 7) is 4.94. The molecule has 0 amide bonds. The molecule has 20 heavy (non-hydrogen) atoms. The van der Waals surface area contributed by atoms with Gasteiger partial charge in [-0.2, -0.15) is 10.4 Å². The summed E-state index contributed by atoms with van der Waals surface area (Å²) >= 11 is 0. The molecule has 2 rings (SSSR count). The van der Waals surface area contributed by atoms with E-state index in [4.69, 9.17) is 5.26 Å². The van der Waals surface area contributed by atoms with Crippen molar-refractivity contribution in [1.82, 2.24) is 0 Å². The number of anilines is 1. The SMILES string of the molecule is CCN(N=Cc1ccc(C#N)cc1)c1ccc(C)cc1. The quantitative estimate of drug-likeness (QED) is 0.623. The van der Waals surface area contributed by atoms with E-state index in [1.54, 1.807) is 12.1 Å². The third-order valence-electron chi connectivity index (χ3n) is 3.02. The fourth-order valence-electron chi connectivity index (χ4n) is 1.83. The van der Waals surface area contributed by atoms with Crippen molar-refractivity contribution >= 4 is 11.9 Å². The van der Waals surface area contributed by atoms with E-state index in [-0.39, 0.29) is 0 Å². The minimum atomic E-state index is 0.660. The topological polar surface area (TPSA) is 39.4 Å². The highest BCUT2D eigenvalue weighted by atomic mass is 15.4. The van der Waals surface area contributed by atoms with E-state index >= 15 is 0 Å². The summed E-state index contributed by atoms with van der Waals surface area (Å²) in [5, 5.41) is 15.2. The molecule has 0 fully saturated rings. The molecule has 0 heterocycles. The highest BCUT2D eigenvalue weighted by Gasteiger charge is 2.00. The Bertz CT molecular complexity index is 619. The molecule has 3 heteroatoms. The van der Waals surface area contributed by atoms with Crippen molar-refractivity contribution in [2.45, 2.75) is 13.8 Å². The number of hydrogen-bond donors (Lipinski definition) is 0. The predicted molar refractivity (Wildman–Crippen MR) is 83.0 cm³/mol. The number of aryl methyl sites for hydroxylation is 1. The first-order valence-electron chi connectivity index (χ1n) is 6.61. The monoisotopic (exact) mass is 263 g/mol. The van der Waals surface area contributed by atoms with Crippen molar-refractivity contribution in [3.05, 3.63) is 65.2 Å². The van der Waals surface area contributed by atoms with E-state index in [1.807, 2.05) is 23.4 Å². The van der Waals surface area contributed by atoms with Gasteiger partial charge in [-0.05, 0) is 43.7 Å². The zero-order valence-electron chi connectivity index (χ0n) is 11.7. The first kappa shape index (κ1) is 13.8. The molecular formula is C17H17N3. The van der Waals surface area contributed by atoms with Crippen molar-refractivity contribution in [1.29, 1.82) is 5.26 Å². The van der Waals surface area contributed by atoms with Crippen LogP contribution in [0, 0.1) is 18.3 Å². The smallest absolute Gasteiger partial charge is 0.0991 e. The molecule has 2 aromatic rings. The van der Waals surface area contributed by atoms with Crippen LogP contribution in [0.4, 0.5) is 5.69 Å². The number of nitrogens with zero attached hydrogens (tertiary/aromatic N) is 3. The molecule has 0 aliphatic heterocycles. The van der Waals surface area contributed by atoms with Crippen LogP contribution in [0.5, 0.6) is 0 Å². The van der Waals surface area contributed by atoms with Crippen LogP contribution in [0.2, 0.25) is 0 Å². The molecule has 0 atom stereocenters. The zero-order valence-corrected chi connectivity index (χ0v) is 11.7. The maximum absolute atomic E-state index is 8.76. The summed E-state index contributed by atoms with van der Waals surface area (Å²) < 4.78 is 0. The number of hydrazone groups is 1. The third kappa shape index (κ3) is 3.46. The third-order valence-corrected chi connectivity index (χ3v) is 3.02. The van der Waals surface area contributed by atoms with Crippen molar-refractivity contribution in [2.24, 2.45) is 5.10 Å². The number of benzene rings is 2. The summed E-state index contributed by atoms with van der Waals surface area (Å²) in [6.07, 6.45) is 1.81. The largest absolute Gasteiger partial charge is 0.266 e. The first-order chi connectivity index (χ1) is 9.72. The summed E-state index contributed by atoms with van der Waals surface area (Å²) in [4.78, 5) is 0. The molecule has 2 aromatic carbocycles. The molecule has 0 saturated carbocycles. The summed E-state index contributed by atoms with van der Waals surface area (Å²) in [6, 6.07) is 17.8. The molecule has 0 aliphatic carbocycles. The number of nitriles is 1. The molecule has 0 spiro atoms. The van der Waals surface area contributed by atoms with Crippen LogP contribution in [0.1, 0.15) is 23.6 Å². The van der Waals surface area contributed by atoms with Gasteiger partial charge in [0.15, 0.2) is 0 Å². The average Bonchev–Trinajstić information content (AvgIpc) is 2.50. The van der Waals surface area contributed by atoms with Gasteiger partial charge in [0.2, 0.25) is 0 Å². The molecule has 0 bridgehead atoms. The van der Waals surface area contributed by atoms with Gasteiger partial charge in [-0.25, -0.2) is 0 Å². The van der Waals surface area contributed by atoms with Crippen LogP contribution in [0.3, 0.4) is 0 Å². The highest BCUT2D eigenvalue weighted by Crippen LogP contribution is 2.15. The molecule has 0 aliphatic rings. The van der Waals surface area contributed by atoms with Gasteiger partial charge in [0.25, 0.3) is 0 Å². The Kier molecular flexibility index (Phi) is 4.52. The van der Waals surface area contributed by atoms with E-state index in [0.29, 0.717) is 5.56 Å². The van der Waals surface area contributed by atoms with Gasteiger partial charge < -0.3 is 0 Å². The first-order valence-corrected chi connectivity index (χ1v) is 6.61. The average molecular weight is 263 g/mol. The highest BCUT2D eigenvalue weighted by molar-refractivity contribution is 5.80. The van der Waals surface area contributed by atoms with Gasteiger partial charge in [-0.3, -0.25) is 5.01 Å². The molecule has 100 valence electrons. The van der Waals surface area contributed by atoms with E-state index in [1.165, 1.54) is 5.56 Å². The van der Waals surface area contributed by atoms with Crippen molar-refractivity contribution in [3.63, 3.8) is 0 Å². The lowest BCUT2D eigenvalue weighted by Crippen LogP contribution is -2.15. The standard InChI is InChI=1S/C17H17N3/c1-3-20(17-10-4-14(2)5-11-17)19-13-16-8-6-15(12-18)7-9-16/h4-11,13H,3H2,1-2H3. The Labute approximate surface area is 119 Å². The normalized spacial score (nSPS) is 10.4. The maximum Gasteiger partial charge on any atom is 0.0991 e. The molecule has 0 saturated heterocycles. The lowest BCUT2D eigenvalue weighted by atomic mass is 10.2. The molecule has 0 radical (unpaired) electrons. The number of rotatable bonds is 4. The fourth-order valence-corrected chi connectivity index (χ4v) is 1.83. The Balaban J connectivity index is 2.14. The maximum atomic E-state index is 8.76. The lowest BCUT2D eigenvalue weighted by molar-refractivity contribution is 0.897. The predicted octanol–water partition coefficient (Wildman–Crippen LogP) is 3.73. The van der Waals surface area contributed by atoms with E-state index in [9.17, 15) is 0 Å². The van der Waals surface area contributed by atoms with Crippen LogP contribution in [-0.2, 0) is 0 Å². The van der Waals surface area contributed by atoms with Gasteiger partial charge in [0, 0.05) is 6.54 Å². The van der Waals surface area contributed by atoms with Gasteiger partial charge in [0.05, 0.1) is 23.5 Å². The number of hydrogen-bond acceptors (Lipinski definition) is 3. The minimum absolute atomic E-state index is 0.660. The van der Waals surface area contributed by atoms with Gasteiger partial charge >= 0.3 is 0 Å². The van der Waals surface area contributed by atoms with Crippen LogP contribution in [-0.4, -0.2) is 12.8 Å². The second-order valence-corrected chi connectivity index (χ2v) is 4.53. The fraction of sp³-hybridized carbons (Fsp3) is 0.176. The van der Waals surface area contributed by atoms with Crippen LogP contribution in [0.25, 0.3) is 0 Å².